The fourth-order valence-electron chi connectivity index (χ4n) is 3.35. The van der Waals surface area contributed by atoms with Gasteiger partial charge in [-0.05, 0) is 37.2 Å². The van der Waals surface area contributed by atoms with Gasteiger partial charge in [0.2, 0.25) is 5.91 Å². The minimum atomic E-state index is -0.540. The molecule has 0 aromatic heterocycles. The second-order valence-corrected chi connectivity index (χ2v) is 6.73. The van der Waals surface area contributed by atoms with Crippen molar-refractivity contribution >= 4 is 23.2 Å². The number of nitrogens with zero attached hydrogens (tertiary/aromatic N) is 2. The SMILES string of the molecule is NC(=O)c1ccccc1NC(=O)CCCN1CCN(c2ccccc2)CC1. The van der Waals surface area contributed by atoms with Gasteiger partial charge in [-0.1, -0.05) is 30.3 Å². The highest BCUT2D eigenvalue weighted by Crippen LogP contribution is 2.17. The fourth-order valence-corrected chi connectivity index (χ4v) is 3.35. The first-order valence-corrected chi connectivity index (χ1v) is 9.34. The van der Waals surface area contributed by atoms with Crippen molar-refractivity contribution in [2.75, 3.05) is 42.9 Å². The summed E-state index contributed by atoms with van der Waals surface area (Å²) in [6.07, 6.45) is 1.21. The van der Waals surface area contributed by atoms with E-state index in [9.17, 15) is 9.59 Å². The molecule has 6 heteroatoms. The number of hydrogen-bond acceptors (Lipinski definition) is 4. The number of nitrogens with two attached hydrogens (primary N) is 1. The lowest BCUT2D eigenvalue weighted by Crippen LogP contribution is -2.46. The van der Waals surface area contributed by atoms with Crippen LogP contribution in [0.2, 0.25) is 0 Å². The van der Waals surface area contributed by atoms with Gasteiger partial charge in [0.05, 0.1) is 11.3 Å². The molecule has 3 rings (SSSR count). The van der Waals surface area contributed by atoms with Crippen LogP contribution in [-0.2, 0) is 4.79 Å². The molecule has 1 aliphatic rings. The molecule has 1 aliphatic heterocycles. The summed E-state index contributed by atoms with van der Waals surface area (Å²) in [6, 6.07) is 17.3. The molecule has 2 amide bonds. The molecule has 27 heavy (non-hydrogen) atoms. The topological polar surface area (TPSA) is 78.7 Å². The number of rotatable bonds is 7. The standard InChI is InChI=1S/C21H26N4O2/c22-21(27)18-9-4-5-10-19(18)23-20(26)11-6-12-24-13-15-25(16-14-24)17-7-2-1-3-8-17/h1-5,7-10H,6,11-16H2,(H2,22,27)(H,23,26). The van der Waals surface area contributed by atoms with Crippen LogP contribution in [0.15, 0.2) is 54.6 Å². The average Bonchev–Trinajstić information content (AvgIpc) is 2.69. The van der Waals surface area contributed by atoms with Crippen molar-refractivity contribution in [3.05, 3.63) is 60.2 Å². The molecule has 6 nitrogen and oxygen atoms in total. The van der Waals surface area contributed by atoms with Crippen molar-refractivity contribution in [1.29, 1.82) is 0 Å². The Morgan fingerprint density at radius 2 is 1.59 bits per heavy atom. The Labute approximate surface area is 159 Å². The van der Waals surface area contributed by atoms with Crippen LogP contribution in [-0.4, -0.2) is 49.4 Å². The second kappa shape index (κ2) is 9.19. The third-order valence-corrected chi connectivity index (χ3v) is 4.84. The van der Waals surface area contributed by atoms with E-state index >= 15 is 0 Å². The zero-order chi connectivity index (χ0) is 19.1. The van der Waals surface area contributed by atoms with Crippen LogP contribution < -0.4 is 16.0 Å². The van der Waals surface area contributed by atoms with Gasteiger partial charge in [-0.25, -0.2) is 0 Å². The summed E-state index contributed by atoms with van der Waals surface area (Å²) in [5, 5.41) is 2.79. The monoisotopic (exact) mass is 366 g/mol. The van der Waals surface area contributed by atoms with E-state index in [1.54, 1.807) is 24.3 Å². The summed E-state index contributed by atoms with van der Waals surface area (Å²) < 4.78 is 0. The maximum absolute atomic E-state index is 12.2. The van der Waals surface area contributed by atoms with Gasteiger partial charge in [0.25, 0.3) is 5.91 Å². The Balaban J connectivity index is 1.39. The molecule has 3 N–H and O–H groups in total. The second-order valence-electron chi connectivity index (χ2n) is 6.73. The molecule has 142 valence electrons. The lowest BCUT2D eigenvalue weighted by molar-refractivity contribution is -0.116. The van der Waals surface area contributed by atoms with Crippen LogP contribution in [0.3, 0.4) is 0 Å². The van der Waals surface area contributed by atoms with Gasteiger partial charge in [-0.15, -0.1) is 0 Å². The molecule has 0 aliphatic carbocycles. The van der Waals surface area contributed by atoms with E-state index in [2.05, 4.69) is 39.4 Å². The lowest BCUT2D eigenvalue weighted by atomic mass is 10.1. The predicted molar refractivity (Wildman–Crippen MR) is 108 cm³/mol. The number of anilines is 2. The predicted octanol–water partition coefficient (Wildman–Crippen LogP) is 2.33. The highest BCUT2D eigenvalue weighted by Gasteiger charge is 2.17. The number of piperazine rings is 1. The van der Waals surface area contributed by atoms with E-state index in [0.29, 0.717) is 17.7 Å². The van der Waals surface area contributed by atoms with Crippen molar-refractivity contribution in [2.45, 2.75) is 12.8 Å². The van der Waals surface area contributed by atoms with E-state index < -0.39 is 5.91 Å². The van der Waals surface area contributed by atoms with Gasteiger partial charge < -0.3 is 16.0 Å². The van der Waals surface area contributed by atoms with Crippen molar-refractivity contribution in [1.82, 2.24) is 4.90 Å². The van der Waals surface area contributed by atoms with Crippen LogP contribution in [0.25, 0.3) is 0 Å². The number of amides is 2. The first-order chi connectivity index (χ1) is 13.1. The molecule has 0 radical (unpaired) electrons. The van der Waals surface area contributed by atoms with Crippen LogP contribution in [0, 0.1) is 0 Å². The van der Waals surface area contributed by atoms with E-state index in [-0.39, 0.29) is 5.91 Å². The first kappa shape index (κ1) is 18.9. The van der Waals surface area contributed by atoms with Gasteiger partial charge in [0, 0.05) is 38.3 Å². The van der Waals surface area contributed by atoms with Crippen LogP contribution in [0.1, 0.15) is 23.2 Å². The number of benzene rings is 2. The van der Waals surface area contributed by atoms with Gasteiger partial charge >= 0.3 is 0 Å². The minimum Gasteiger partial charge on any atom is -0.369 e. The molecule has 0 bridgehead atoms. The van der Waals surface area contributed by atoms with Gasteiger partial charge in [-0.2, -0.15) is 0 Å². The Morgan fingerprint density at radius 3 is 2.30 bits per heavy atom. The molecule has 0 spiro atoms. The zero-order valence-electron chi connectivity index (χ0n) is 15.4. The summed E-state index contributed by atoms with van der Waals surface area (Å²) in [6.45, 7) is 4.90. The summed E-state index contributed by atoms with van der Waals surface area (Å²) >= 11 is 0. The molecule has 2 aromatic carbocycles. The number of primary amides is 1. The molecule has 1 fully saturated rings. The number of carbonyl (C=O) groups is 2. The lowest BCUT2D eigenvalue weighted by Gasteiger charge is -2.36. The fraction of sp³-hybridized carbons (Fsp3) is 0.333. The number of para-hydroxylation sites is 2. The molecule has 0 atom stereocenters. The summed E-state index contributed by atoms with van der Waals surface area (Å²) in [5.41, 5.74) is 7.42. The maximum atomic E-state index is 12.2. The highest BCUT2D eigenvalue weighted by molar-refractivity contribution is 6.02. The smallest absolute Gasteiger partial charge is 0.250 e. The molecule has 1 saturated heterocycles. The molecular weight excluding hydrogens is 340 g/mol. The van der Waals surface area contributed by atoms with Crippen LogP contribution in [0.5, 0.6) is 0 Å². The zero-order valence-corrected chi connectivity index (χ0v) is 15.4. The molecule has 2 aromatic rings. The number of nitrogens with one attached hydrogen (secondary N) is 1. The summed E-state index contributed by atoms with van der Waals surface area (Å²) in [7, 11) is 0. The molecule has 0 unspecified atom stereocenters. The number of hydrogen-bond donors (Lipinski definition) is 2. The summed E-state index contributed by atoms with van der Waals surface area (Å²) in [4.78, 5) is 28.4. The maximum Gasteiger partial charge on any atom is 0.250 e. The number of carbonyl (C=O) groups excluding carboxylic acids is 2. The Bertz CT molecular complexity index is 771. The van der Waals surface area contributed by atoms with Crippen LogP contribution >= 0.6 is 0 Å². The van der Waals surface area contributed by atoms with Crippen molar-refractivity contribution in [2.24, 2.45) is 5.73 Å². The Hall–Kier alpha value is -2.86. The Morgan fingerprint density at radius 1 is 0.926 bits per heavy atom. The normalized spacial score (nSPS) is 14.7. The van der Waals surface area contributed by atoms with Gasteiger partial charge in [-0.3, -0.25) is 14.5 Å². The molecule has 0 saturated carbocycles. The Kier molecular flexibility index (Phi) is 6.44. The highest BCUT2D eigenvalue weighted by atomic mass is 16.2. The molecule has 1 heterocycles. The van der Waals surface area contributed by atoms with Crippen molar-refractivity contribution in [3.63, 3.8) is 0 Å². The van der Waals surface area contributed by atoms with E-state index in [4.69, 9.17) is 5.73 Å². The van der Waals surface area contributed by atoms with Gasteiger partial charge in [0.15, 0.2) is 0 Å². The van der Waals surface area contributed by atoms with Gasteiger partial charge in [0.1, 0.15) is 0 Å². The minimum absolute atomic E-state index is 0.0911. The van der Waals surface area contributed by atoms with Crippen molar-refractivity contribution < 1.29 is 9.59 Å². The largest absolute Gasteiger partial charge is 0.369 e. The third-order valence-electron chi connectivity index (χ3n) is 4.84. The first-order valence-electron chi connectivity index (χ1n) is 9.34. The van der Waals surface area contributed by atoms with Crippen molar-refractivity contribution in [3.8, 4) is 0 Å². The van der Waals surface area contributed by atoms with E-state index in [1.165, 1.54) is 5.69 Å². The molecular formula is C21H26N4O2. The third kappa shape index (κ3) is 5.31. The average molecular weight is 366 g/mol. The van der Waals surface area contributed by atoms with E-state index in [0.717, 1.165) is 39.1 Å². The van der Waals surface area contributed by atoms with E-state index in [1.807, 2.05) is 6.07 Å². The van der Waals surface area contributed by atoms with Crippen LogP contribution in [0.4, 0.5) is 11.4 Å². The summed E-state index contributed by atoms with van der Waals surface area (Å²) in [5.74, 6) is -0.631. The quantitative estimate of drug-likeness (QED) is 0.788.